The predicted molar refractivity (Wildman–Crippen MR) is 114 cm³/mol. The largest absolute Gasteiger partial charge is 0.351 e. The van der Waals surface area contributed by atoms with Gasteiger partial charge >= 0.3 is 0 Å². The summed E-state index contributed by atoms with van der Waals surface area (Å²) in [5, 5.41) is 15.6. The number of H-pyrrole nitrogens is 1. The van der Waals surface area contributed by atoms with Crippen molar-refractivity contribution < 1.29 is 9.59 Å². The van der Waals surface area contributed by atoms with Crippen LogP contribution in [0.3, 0.4) is 0 Å². The first kappa shape index (κ1) is 18.8. The third-order valence-corrected chi connectivity index (χ3v) is 5.27. The van der Waals surface area contributed by atoms with Crippen molar-refractivity contribution in [2.24, 2.45) is 0 Å². The van der Waals surface area contributed by atoms with E-state index in [4.69, 9.17) is 0 Å². The van der Waals surface area contributed by atoms with E-state index in [9.17, 15) is 9.59 Å². The van der Waals surface area contributed by atoms with Crippen LogP contribution in [0.25, 0.3) is 21.5 Å². The van der Waals surface area contributed by atoms with Crippen molar-refractivity contribution in [3.8, 4) is 10.6 Å². The number of aromatic nitrogens is 3. The lowest BCUT2D eigenvalue weighted by Gasteiger charge is -2.08. The monoisotopic (exact) mass is 405 g/mol. The molecule has 0 unspecified atom stereocenters. The quantitative estimate of drug-likeness (QED) is 0.407. The van der Waals surface area contributed by atoms with Crippen molar-refractivity contribution in [1.29, 1.82) is 0 Å². The third kappa shape index (κ3) is 4.49. The number of nitrogens with one attached hydrogen (secondary N) is 3. The molecule has 0 radical (unpaired) electrons. The number of nitrogens with zero attached hydrogens (tertiary/aromatic N) is 2. The van der Waals surface area contributed by atoms with E-state index in [1.807, 2.05) is 47.8 Å². The van der Waals surface area contributed by atoms with E-state index in [0.29, 0.717) is 30.8 Å². The molecule has 3 aromatic heterocycles. The third-order valence-electron chi connectivity index (χ3n) is 4.37. The topological polar surface area (TPSA) is 99.8 Å². The van der Waals surface area contributed by atoms with E-state index in [1.165, 1.54) is 0 Å². The molecular formula is C21H19N5O2S. The lowest BCUT2D eigenvalue weighted by molar-refractivity contribution is -0.116. The first-order chi connectivity index (χ1) is 14.2. The first-order valence-corrected chi connectivity index (χ1v) is 10.1. The maximum absolute atomic E-state index is 12.2. The van der Waals surface area contributed by atoms with E-state index in [0.717, 1.165) is 21.5 Å². The summed E-state index contributed by atoms with van der Waals surface area (Å²) in [7, 11) is 0. The minimum Gasteiger partial charge on any atom is -0.351 e. The molecule has 4 aromatic rings. The van der Waals surface area contributed by atoms with Crippen LogP contribution in [-0.2, 0) is 4.79 Å². The van der Waals surface area contributed by atoms with Crippen molar-refractivity contribution in [2.45, 2.75) is 12.8 Å². The summed E-state index contributed by atoms with van der Waals surface area (Å²) < 4.78 is 0. The lowest BCUT2D eigenvalue weighted by atomic mass is 10.2. The molecule has 0 atom stereocenters. The number of amides is 2. The van der Waals surface area contributed by atoms with Gasteiger partial charge in [-0.25, -0.2) is 0 Å². The van der Waals surface area contributed by atoms with Crippen molar-refractivity contribution >= 4 is 39.7 Å². The number of benzene rings is 1. The number of para-hydroxylation sites is 1. The van der Waals surface area contributed by atoms with Crippen LogP contribution in [0.1, 0.15) is 23.3 Å². The van der Waals surface area contributed by atoms with Gasteiger partial charge in [0.25, 0.3) is 5.91 Å². The molecule has 0 aliphatic heterocycles. The molecule has 0 spiro atoms. The Bertz CT molecular complexity index is 1130. The first-order valence-electron chi connectivity index (χ1n) is 9.22. The molecule has 1 aromatic carbocycles. The maximum atomic E-state index is 12.2. The molecular weight excluding hydrogens is 386 g/mol. The number of carbonyl (C=O) groups excluding carboxylic acids is 2. The Morgan fingerprint density at radius 3 is 2.86 bits per heavy atom. The number of rotatable bonds is 7. The summed E-state index contributed by atoms with van der Waals surface area (Å²) in [5.74, 6) is -0.375. The van der Waals surface area contributed by atoms with Gasteiger partial charge in [-0.15, -0.1) is 11.3 Å². The van der Waals surface area contributed by atoms with Crippen LogP contribution in [0, 0.1) is 0 Å². The molecule has 4 rings (SSSR count). The molecule has 29 heavy (non-hydrogen) atoms. The summed E-state index contributed by atoms with van der Waals surface area (Å²) in [6.45, 7) is 0.390. The fourth-order valence-corrected chi connectivity index (χ4v) is 3.65. The Morgan fingerprint density at radius 2 is 2.00 bits per heavy atom. The van der Waals surface area contributed by atoms with Gasteiger partial charge in [0.1, 0.15) is 0 Å². The van der Waals surface area contributed by atoms with Crippen molar-refractivity contribution in [1.82, 2.24) is 20.5 Å². The van der Waals surface area contributed by atoms with E-state index >= 15 is 0 Å². The molecule has 0 saturated carbocycles. The number of hydrogen-bond acceptors (Lipinski definition) is 5. The van der Waals surface area contributed by atoms with Gasteiger partial charge in [-0.2, -0.15) is 5.10 Å². The second-order valence-corrected chi connectivity index (χ2v) is 7.38. The average Bonchev–Trinajstić information content (AvgIpc) is 3.43. The second kappa shape index (κ2) is 8.66. The van der Waals surface area contributed by atoms with Crippen LogP contribution in [-0.4, -0.2) is 33.5 Å². The molecule has 3 N–H and O–H groups in total. The van der Waals surface area contributed by atoms with Crippen LogP contribution in [0.2, 0.25) is 0 Å². The lowest BCUT2D eigenvalue weighted by Crippen LogP contribution is -2.25. The van der Waals surface area contributed by atoms with Gasteiger partial charge in [-0.1, -0.05) is 24.3 Å². The summed E-state index contributed by atoms with van der Waals surface area (Å²) in [6.07, 6.45) is 2.52. The number of anilines is 1. The Morgan fingerprint density at radius 1 is 1.10 bits per heavy atom. The molecule has 0 fully saturated rings. The summed E-state index contributed by atoms with van der Waals surface area (Å²) in [4.78, 5) is 29.8. The molecule has 0 bridgehead atoms. The number of pyridine rings is 1. The molecule has 2 amide bonds. The van der Waals surface area contributed by atoms with Crippen LogP contribution >= 0.6 is 11.3 Å². The minimum atomic E-state index is -0.261. The highest BCUT2D eigenvalue weighted by atomic mass is 32.1. The highest BCUT2D eigenvalue weighted by Gasteiger charge is 2.12. The smallest absolute Gasteiger partial charge is 0.271 e. The Labute approximate surface area is 171 Å². The maximum Gasteiger partial charge on any atom is 0.271 e. The molecule has 146 valence electrons. The van der Waals surface area contributed by atoms with Gasteiger partial charge in [-0.3, -0.25) is 19.7 Å². The molecule has 8 heteroatoms. The summed E-state index contributed by atoms with van der Waals surface area (Å²) in [6, 6.07) is 15.1. The van der Waals surface area contributed by atoms with Crippen LogP contribution in [0.5, 0.6) is 0 Å². The van der Waals surface area contributed by atoms with Crippen LogP contribution in [0.15, 0.2) is 60.1 Å². The van der Waals surface area contributed by atoms with Crippen LogP contribution < -0.4 is 10.6 Å². The minimum absolute atomic E-state index is 0.114. The Balaban J connectivity index is 1.25. The van der Waals surface area contributed by atoms with Crippen molar-refractivity contribution in [3.63, 3.8) is 0 Å². The van der Waals surface area contributed by atoms with Crippen LogP contribution in [0.4, 0.5) is 5.69 Å². The summed E-state index contributed by atoms with van der Waals surface area (Å²) in [5.41, 5.74) is 2.60. The fraction of sp³-hybridized carbons (Fsp3) is 0.143. The van der Waals surface area contributed by atoms with E-state index < -0.39 is 0 Å². The second-order valence-electron chi connectivity index (χ2n) is 6.43. The van der Waals surface area contributed by atoms with E-state index in [1.54, 1.807) is 23.6 Å². The zero-order valence-electron chi connectivity index (χ0n) is 15.5. The van der Waals surface area contributed by atoms with Gasteiger partial charge in [0.05, 0.1) is 21.8 Å². The van der Waals surface area contributed by atoms with Gasteiger partial charge in [0.15, 0.2) is 5.69 Å². The van der Waals surface area contributed by atoms with Gasteiger partial charge in [-0.05, 0) is 36.1 Å². The molecule has 0 aliphatic rings. The zero-order chi connectivity index (χ0) is 20.1. The SMILES string of the molecule is O=C(CCCNC(=O)c1cc(-c2cccs2)[nH]n1)Nc1cccc2cccnc12. The number of aromatic amines is 1. The highest BCUT2D eigenvalue weighted by molar-refractivity contribution is 7.13. The predicted octanol–water partition coefficient (Wildman–Crippen LogP) is 3.84. The molecule has 3 heterocycles. The molecule has 7 nitrogen and oxygen atoms in total. The van der Waals surface area contributed by atoms with E-state index in [-0.39, 0.29) is 11.8 Å². The number of fused-ring (bicyclic) bond motifs is 1. The van der Waals surface area contributed by atoms with Gasteiger partial charge in [0.2, 0.25) is 5.91 Å². The van der Waals surface area contributed by atoms with Gasteiger partial charge < -0.3 is 10.6 Å². The molecule has 0 saturated heterocycles. The zero-order valence-corrected chi connectivity index (χ0v) is 16.3. The van der Waals surface area contributed by atoms with Crippen molar-refractivity contribution in [3.05, 3.63) is 65.8 Å². The normalized spacial score (nSPS) is 10.8. The fourth-order valence-electron chi connectivity index (χ4n) is 2.96. The van der Waals surface area contributed by atoms with E-state index in [2.05, 4.69) is 25.8 Å². The number of thiophene rings is 1. The molecule has 0 aliphatic carbocycles. The Kier molecular flexibility index (Phi) is 5.62. The number of carbonyl (C=O) groups is 2. The number of hydrogen-bond donors (Lipinski definition) is 3. The standard InChI is InChI=1S/C21H19N5O2S/c27-19(24-15-7-1-5-14-6-2-10-22-20(14)15)9-3-11-23-21(28)17-13-16(25-26-17)18-8-4-12-29-18/h1-2,4-8,10,12-13H,3,9,11H2,(H,23,28)(H,24,27)(H,25,26). The van der Waals surface area contributed by atoms with Crippen molar-refractivity contribution in [2.75, 3.05) is 11.9 Å². The highest BCUT2D eigenvalue weighted by Crippen LogP contribution is 2.23. The average molecular weight is 405 g/mol. The Hall–Kier alpha value is -3.52. The summed E-state index contributed by atoms with van der Waals surface area (Å²) >= 11 is 1.58. The van der Waals surface area contributed by atoms with Gasteiger partial charge in [0, 0.05) is 24.5 Å².